The second kappa shape index (κ2) is 10.8. The van der Waals surface area contributed by atoms with Crippen LogP contribution in [0.1, 0.15) is 24.5 Å². The third-order valence-electron chi connectivity index (χ3n) is 3.85. The first-order chi connectivity index (χ1) is 13.5. The van der Waals surface area contributed by atoms with Crippen LogP contribution in [-0.4, -0.2) is 32.8 Å². The number of ether oxygens (including phenoxy) is 4. The van der Waals surface area contributed by atoms with Gasteiger partial charge in [-0.1, -0.05) is 36.4 Å². The SMILES string of the molecule is COc1cc(C=CCOC(C)=O)cc(OC)c1OC(=O)CCc1ccccc1. The van der Waals surface area contributed by atoms with Crippen molar-refractivity contribution in [1.29, 1.82) is 0 Å². The fourth-order valence-electron chi connectivity index (χ4n) is 2.50. The second-order valence-corrected chi connectivity index (χ2v) is 5.92. The lowest BCUT2D eigenvalue weighted by Crippen LogP contribution is -2.11. The first kappa shape index (κ1) is 21.0. The molecule has 0 unspecified atom stereocenters. The zero-order chi connectivity index (χ0) is 20.4. The number of carbonyl (C=O) groups is 2. The van der Waals surface area contributed by atoms with Gasteiger partial charge in [0.2, 0.25) is 5.75 Å². The number of benzene rings is 2. The van der Waals surface area contributed by atoms with Gasteiger partial charge in [0.25, 0.3) is 0 Å². The summed E-state index contributed by atoms with van der Waals surface area (Å²) >= 11 is 0. The van der Waals surface area contributed by atoms with Crippen molar-refractivity contribution in [3.8, 4) is 17.2 Å². The van der Waals surface area contributed by atoms with Gasteiger partial charge in [-0.25, -0.2) is 0 Å². The van der Waals surface area contributed by atoms with Crippen LogP contribution < -0.4 is 14.2 Å². The van der Waals surface area contributed by atoms with E-state index in [-0.39, 0.29) is 30.7 Å². The Bertz CT molecular complexity index is 801. The zero-order valence-corrected chi connectivity index (χ0v) is 16.3. The maximum absolute atomic E-state index is 12.3. The smallest absolute Gasteiger partial charge is 0.311 e. The van der Waals surface area contributed by atoms with Crippen LogP contribution >= 0.6 is 0 Å². The summed E-state index contributed by atoms with van der Waals surface area (Å²) < 4.78 is 21.1. The number of methoxy groups -OCH3 is 2. The molecule has 2 aromatic carbocycles. The monoisotopic (exact) mass is 384 g/mol. The zero-order valence-electron chi connectivity index (χ0n) is 16.3. The quantitative estimate of drug-likeness (QED) is 0.484. The van der Waals surface area contributed by atoms with Crippen molar-refractivity contribution in [3.63, 3.8) is 0 Å². The van der Waals surface area contributed by atoms with E-state index in [9.17, 15) is 9.59 Å². The van der Waals surface area contributed by atoms with E-state index in [1.165, 1.54) is 21.1 Å². The Hall–Kier alpha value is -3.28. The maximum atomic E-state index is 12.3. The molecule has 6 heteroatoms. The number of hydrogen-bond donors (Lipinski definition) is 0. The van der Waals surface area contributed by atoms with E-state index in [0.717, 1.165) is 11.1 Å². The van der Waals surface area contributed by atoms with Gasteiger partial charge in [-0.2, -0.15) is 0 Å². The molecule has 0 atom stereocenters. The van der Waals surface area contributed by atoms with Gasteiger partial charge in [0, 0.05) is 13.3 Å². The second-order valence-electron chi connectivity index (χ2n) is 5.92. The predicted molar refractivity (Wildman–Crippen MR) is 106 cm³/mol. The maximum Gasteiger partial charge on any atom is 0.311 e. The van der Waals surface area contributed by atoms with Gasteiger partial charge in [0.05, 0.1) is 14.2 Å². The Morgan fingerprint density at radius 1 is 1.00 bits per heavy atom. The van der Waals surface area contributed by atoms with Crippen LogP contribution in [0.25, 0.3) is 6.08 Å². The Labute approximate surface area is 164 Å². The molecule has 0 bridgehead atoms. The average molecular weight is 384 g/mol. The minimum atomic E-state index is -0.376. The molecule has 0 saturated carbocycles. The van der Waals surface area contributed by atoms with Crippen LogP contribution in [0.4, 0.5) is 0 Å². The van der Waals surface area contributed by atoms with Crippen LogP contribution in [0.15, 0.2) is 48.5 Å². The third-order valence-corrected chi connectivity index (χ3v) is 3.85. The molecular weight excluding hydrogens is 360 g/mol. The molecule has 2 aromatic rings. The lowest BCUT2D eigenvalue weighted by molar-refractivity contribution is -0.139. The van der Waals surface area contributed by atoms with Crippen LogP contribution in [0, 0.1) is 0 Å². The van der Waals surface area contributed by atoms with E-state index in [1.807, 2.05) is 30.3 Å². The summed E-state index contributed by atoms with van der Waals surface area (Å²) in [5.41, 5.74) is 1.82. The molecule has 6 nitrogen and oxygen atoms in total. The van der Waals surface area contributed by atoms with Crippen LogP contribution in [0.3, 0.4) is 0 Å². The summed E-state index contributed by atoms with van der Waals surface area (Å²) in [6.07, 6.45) is 4.28. The summed E-state index contributed by atoms with van der Waals surface area (Å²) in [5.74, 6) is 0.260. The first-order valence-electron chi connectivity index (χ1n) is 8.84. The largest absolute Gasteiger partial charge is 0.493 e. The van der Waals surface area contributed by atoms with E-state index in [0.29, 0.717) is 17.9 Å². The molecule has 0 amide bonds. The summed E-state index contributed by atoms with van der Waals surface area (Å²) in [7, 11) is 2.98. The Morgan fingerprint density at radius 2 is 1.64 bits per heavy atom. The molecule has 0 aliphatic carbocycles. The van der Waals surface area contributed by atoms with Crippen molar-refractivity contribution in [3.05, 3.63) is 59.7 Å². The summed E-state index contributed by atoms with van der Waals surface area (Å²) in [4.78, 5) is 23.1. The van der Waals surface area contributed by atoms with E-state index >= 15 is 0 Å². The number of aryl methyl sites for hydroxylation is 1. The molecule has 0 aliphatic heterocycles. The van der Waals surface area contributed by atoms with Crippen molar-refractivity contribution in [2.24, 2.45) is 0 Å². The van der Waals surface area contributed by atoms with E-state index in [4.69, 9.17) is 18.9 Å². The van der Waals surface area contributed by atoms with Gasteiger partial charge in [0.15, 0.2) is 11.5 Å². The van der Waals surface area contributed by atoms with Gasteiger partial charge < -0.3 is 18.9 Å². The lowest BCUT2D eigenvalue weighted by Gasteiger charge is -2.14. The average Bonchev–Trinajstić information content (AvgIpc) is 2.70. The topological polar surface area (TPSA) is 71.1 Å². The molecule has 0 fully saturated rings. The Kier molecular flexibility index (Phi) is 8.09. The normalized spacial score (nSPS) is 10.5. The summed E-state index contributed by atoms with van der Waals surface area (Å²) in [6, 6.07) is 13.1. The van der Waals surface area contributed by atoms with Crippen LogP contribution in [0.2, 0.25) is 0 Å². The van der Waals surface area contributed by atoms with Crippen LogP contribution in [-0.2, 0) is 20.7 Å². The predicted octanol–water partition coefficient (Wildman–Crippen LogP) is 3.82. The van der Waals surface area contributed by atoms with Crippen molar-refractivity contribution < 1.29 is 28.5 Å². The molecule has 0 N–H and O–H groups in total. The van der Waals surface area contributed by atoms with Gasteiger partial charge >= 0.3 is 11.9 Å². The minimum Gasteiger partial charge on any atom is -0.493 e. The highest BCUT2D eigenvalue weighted by Crippen LogP contribution is 2.39. The highest BCUT2D eigenvalue weighted by Gasteiger charge is 2.17. The number of hydrogen-bond acceptors (Lipinski definition) is 6. The lowest BCUT2D eigenvalue weighted by atomic mass is 10.1. The molecule has 0 spiro atoms. The molecule has 0 aliphatic rings. The highest BCUT2D eigenvalue weighted by molar-refractivity contribution is 5.76. The fraction of sp³-hybridized carbons (Fsp3) is 0.273. The first-order valence-corrected chi connectivity index (χ1v) is 8.84. The Balaban J connectivity index is 2.09. The van der Waals surface area contributed by atoms with Crippen LogP contribution in [0.5, 0.6) is 17.2 Å². The summed E-state index contributed by atoms with van der Waals surface area (Å²) in [6.45, 7) is 1.51. The van der Waals surface area contributed by atoms with Gasteiger partial charge in [-0.3, -0.25) is 9.59 Å². The number of esters is 2. The standard InChI is InChI=1S/C22H24O6/c1-16(23)27-13-7-10-18-14-19(25-2)22(20(15-18)26-3)28-21(24)12-11-17-8-5-4-6-9-17/h4-10,14-15H,11-13H2,1-3H3. The summed E-state index contributed by atoms with van der Waals surface area (Å²) in [5, 5.41) is 0. The Morgan fingerprint density at radius 3 is 2.21 bits per heavy atom. The molecule has 0 radical (unpaired) electrons. The number of carbonyl (C=O) groups excluding carboxylic acids is 2. The molecule has 0 aromatic heterocycles. The van der Waals surface area contributed by atoms with Gasteiger partial charge in [-0.15, -0.1) is 0 Å². The van der Waals surface area contributed by atoms with E-state index < -0.39 is 0 Å². The molecule has 28 heavy (non-hydrogen) atoms. The molecule has 148 valence electrons. The van der Waals surface area contributed by atoms with Crippen molar-refractivity contribution >= 4 is 18.0 Å². The van der Waals surface area contributed by atoms with E-state index in [1.54, 1.807) is 24.3 Å². The van der Waals surface area contributed by atoms with Gasteiger partial charge in [-0.05, 0) is 35.8 Å². The van der Waals surface area contributed by atoms with E-state index in [2.05, 4.69) is 0 Å². The fourth-order valence-corrected chi connectivity index (χ4v) is 2.50. The highest BCUT2D eigenvalue weighted by atomic mass is 16.6. The van der Waals surface area contributed by atoms with Crippen molar-refractivity contribution in [2.45, 2.75) is 19.8 Å². The number of rotatable bonds is 9. The van der Waals surface area contributed by atoms with Crippen molar-refractivity contribution in [1.82, 2.24) is 0 Å². The minimum absolute atomic E-state index is 0.163. The molecular formula is C22H24O6. The molecule has 2 rings (SSSR count). The molecule has 0 saturated heterocycles. The van der Waals surface area contributed by atoms with Crippen molar-refractivity contribution in [2.75, 3.05) is 20.8 Å². The third kappa shape index (κ3) is 6.46. The van der Waals surface area contributed by atoms with Gasteiger partial charge in [0.1, 0.15) is 6.61 Å². The molecule has 0 heterocycles.